The second-order valence-corrected chi connectivity index (χ2v) is 5.40. The zero-order valence-corrected chi connectivity index (χ0v) is 13.2. The van der Waals surface area contributed by atoms with E-state index in [0.29, 0.717) is 23.1 Å². The lowest BCUT2D eigenvalue weighted by Gasteiger charge is -2.30. The fourth-order valence-electron chi connectivity index (χ4n) is 2.47. The minimum atomic E-state index is -0.792. The Morgan fingerprint density at radius 1 is 1.16 bits per heavy atom. The summed E-state index contributed by atoms with van der Waals surface area (Å²) in [5.41, 5.74) is 0. The number of ether oxygens (including phenoxy) is 2. The highest BCUT2D eigenvalue weighted by molar-refractivity contribution is 5.94. The molecule has 0 fully saturated rings. The van der Waals surface area contributed by atoms with Crippen molar-refractivity contribution in [1.29, 1.82) is 0 Å². The number of hydrogen-bond acceptors (Lipinski definition) is 7. The zero-order valence-electron chi connectivity index (χ0n) is 13.2. The molecule has 0 saturated heterocycles. The number of amides is 1. The number of hydrogen-bond donors (Lipinski definition) is 1. The number of anilines is 1. The van der Waals surface area contributed by atoms with Gasteiger partial charge in [-0.3, -0.25) is 4.79 Å². The van der Waals surface area contributed by atoms with E-state index in [-0.39, 0.29) is 5.91 Å². The highest BCUT2D eigenvalue weighted by Gasteiger charge is 2.34. The Bertz CT molecular complexity index is 898. The molecule has 126 valence electrons. The fourth-order valence-corrected chi connectivity index (χ4v) is 2.47. The molecule has 0 saturated carbocycles. The van der Waals surface area contributed by atoms with Crippen LogP contribution in [0.5, 0.6) is 11.5 Å². The van der Waals surface area contributed by atoms with Crippen LogP contribution < -0.4 is 14.8 Å². The van der Waals surface area contributed by atoms with Gasteiger partial charge in [-0.1, -0.05) is 12.1 Å². The summed E-state index contributed by atoms with van der Waals surface area (Å²) in [6, 6.07) is 8.82. The van der Waals surface area contributed by atoms with Crippen molar-refractivity contribution >= 4 is 11.7 Å². The molecule has 1 aromatic carbocycles. The second-order valence-electron chi connectivity index (χ2n) is 5.40. The number of para-hydroxylation sites is 2. The number of nitrogens with one attached hydrogen (secondary N) is 1. The Morgan fingerprint density at radius 2 is 1.96 bits per heavy atom. The summed E-state index contributed by atoms with van der Waals surface area (Å²) in [4.78, 5) is 24.6. The van der Waals surface area contributed by atoms with Gasteiger partial charge in [0.05, 0.1) is 0 Å². The molecule has 2 aromatic heterocycles. The largest absolute Gasteiger partial charge is 0.482 e. The maximum Gasteiger partial charge on any atom is 0.270 e. The van der Waals surface area contributed by atoms with Crippen LogP contribution in [0.4, 0.5) is 5.82 Å². The summed E-state index contributed by atoms with van der Waals surface area (Å²) < 4.78 is 13.0. The van der Waals surface area contributed by atoms with Crippen molar-refractivity contribution in [2.75, 3.05) is 5.32 Å². The van der Waals surface area contributed by atoms with E-state index >= 15 is 0 Å². The molecule has 25 heavy (non-hydrogen) atoms. The molecule has 9 nitrogen and oxygen atoms in total. The van der Waals surface area contributed by atoms with Crippen molar-refractivity contribution in [3.8, 4) is 17.3 Å². The van der Waals surface area contributed by atoms with Gasteiger partial charge in [-0.2, -0.15) is 5.10 Å². The van der Waals surface area contributed by atoms with Gasteiger partial charge >= 0.3 is 0 Å². The summed E-state index contributed by atoms with van der Waals surface area (Å²) in [6.07, 6.45) is 3.01. The van der Waals surface area contributed by atoms with Crippen LogP contribution in [-0.2, 0) is 4.79 Å². The molecule has 4 rings (SSSR count). The number of aromatic nitrogens is 5. The van der Waals surface area contributed by atoms with Crippen molar-refractivity contribution in [2.45, 2.75) is 19.1 Å². The number of rotatable bonds is 3. The maximum atomic E-state index is 12.6. The molecule has 3 heterocycles. The van der Waals surface area contributed by atoms with Crippen molar-refractivity contribution in [2.24, 2.45) is 0 Å². The van der Waals surface area contributed by atoms with Crippen molar-refractivity contribution in [3.05, 3.63) is 49.3 Å². The summed E-state index contributed by atoms with van der Waals surface area (Å²) in [5, 5.41) is 6.71. The summed E-state index contributed by atoms with van der Waals surface area (Å²) in [7, 11) is 0. The predicted octanol–water partition coefficient (Wildman–Crippen LogP) is 1.22. The first kappa shape index (κ1) is 15.1. The quantitative estimate of drug-likeness (QED) is 0.766. The van der Waals surface area contributed by atoms with Gasteiger partial charge in [0.1, 0.15) is 30.9 Å². The Hall–Kier alpha value is -3.49. The molecular weight excluding hydrogens is 324 g/mol. The highest BCUT2D eigenvalue weighted by Crippen LogP contribution is 2.33. The second kappa shape index (κ2) is 6.19. The Kier molecular flexibility index (Phi) is 3.73. The normalized spacial score (nSPS) is 18.6. The number of fused-ring (bicyclic) bond motifs is 1. The topological polar surface area (TPSA) is 104 Å². The molecule has 1 amide bonds. The Labute approximate surface area is 142 Å². The smallest absolute Gasteiger partial charge is 0.270 e. The lowest BCUT2D eigenvalue weighted by atomic mass is 10.1. The van der Waals surface area contributed by atoms with Gasteiger partial charge in [-0.15, -0.1) is 0 Å². The third-order valence-electron chi connectivity index (χ3n) is 3.66. The molecule has 0 radical (unpaired) electrons. The van der Waals surface area contributed by atoms with Crippen molar-refractivity contribution in [3.63, 3.8) is 0 Å². The molecule has 9 heteroatoms. The Balaban J connectivity index is 1.52. The van der Waals surface area contributed by atoms with E-state index < -0.39 is 12.2 Å². The maximum absolute atomic E-state index is 12.6. The highest BCUT2D eigenvalue weighted by atomic mass is 16.6. The number of carbonyl (C=O) groups is 1. The van der Waals surface area contributed by atoms with E-state index in [1.807, 2.05) is 12.1 Å². The van der Waals surface area contributed by atoms with Crippen molar-refractivity contribution in [1.82, 2.24) is 24.7 Å². The summed E-state index contributed by atoms with van der Waals surface area (Å²) >= 11 is 0. The van der Waals surface area contributed by atoms with Crippen LogP contribution in [-0.4, -0.2) is 42.8 Å². The van der Waals surface area contributed by atoms with Gasteiger partial charge < -0.3 is 14.8 Å². The van der Waals surface area contributed by atoms with Gasteiger partial charge in [0.2, 0.25) is 6.10 Å². The number of carbonyl (C=O) groups excluding carboxylic acids is 1. The van der Waals surface area contributed by atoms with E-state index in [9.17, 15) is 4.79 Å². The molecular formula is C16H14N6O3. The van der Waals surface area contributed by atoms with Crippen LogP contribution in [0.1, 0.15) is 6.92 Å². The van der Waals surface area contributed by atoms with Crippen LogP contribution in [0, 0.1) is 0 Å². The third-order valence-corrected chi connectivity index (χ3v) is 3.66. The molecule has 1 aliphatic rings. The molecule has 0 bridgehead atoms. The van der Waals surface area contributed by atoms with Crippen molar-refractivity contribution < 1.29 is 14.3 Å². The monoisotopic (exact) mass is 338 g/mol. The molecule has 0 unspecified atom stereocenters. The van der Waals surface area contributed by atoms with E-state index in [4.69, 9.17) is 9.47 Å². The van der Waals surface area contributed by atoms with Crippen LogP contribution in [0.2, 0.25) is 0 Å². The van der Waals surface area contributed by atoms with E-state index in [1.54, 1.807) is 25.1 Å². The first-order chi connectivity index (χ1) is 12.2. The van der Waals surface area contributed by atoms with Crippen LogP contribution in [0.25, 0.3) is 5.82 Å². The predicted molar refractivity (Wildman–Crippen MR) is 86.5 cm³/mol. The third kappa shape index (κ3) is 2.99. The van der Waals surface area contributed by atoms with Gasteiger partial charge in [0.15, 0.2) is 17.3 Å². The molecule has 1 N–H and O–H groups in total. The first-order valence-corrected chi connectivity index (χ1v) is 7.61. The number of nitrogens with zero attached hydrogens (tertiary/aromatic N) is 5. The first-order valence-electron chi connectivity index (χ1n) is 7.61. The zero-order chi connectivity index (χ0) is 17.2. The molecule has 1 aliphatic heterocycles. The van der Waals surface area contributed by atoms with Gasteiger partial charge in [-0.25, -0.2) is 19.6 Å². The lowest BCUT2D eigenvalue weighted by molar-refractivity contribution is -0.128. The van der Waals surface area contributed by atoms with Crippen LogP contribution >= 0.6 is 0 Å². The molecule has 3 aromatic rings. The number of benzene rings is 1. The minimum absolute atomic E-state index is 0.333. The van der Waals surface area contributed by atoms with E-state index in [1.165, 1.54) is 23.7 Å². The van der Waals surface area contributed by atoms with Gasteiger partial charge in [-0.05, 0) is 19.1 Å². The van der Waals surface area contributed by atoms with Gasteiger partial charge in [0.25, 0.3) is 5.91 Å². The molecule has 0 spiro atoms. The Morgan fingerprint density at radius 3 is 2.72 bits per heavy atom. The average Bonchev–Trinajstić information content (AvgIpc) is 3.16. The lowest BCUT2D eigenvalue weighted by Crippen LogP contribution is -2.46. The standard InChI is InChI=1S/C16H14N6O3/c1-10-15(25-12-5-3-2-4-11(12)24-10)16(23)21-13-6-14(19-8-18-13)22-9-17-7-20-22/h2-10,15H,1H3,(H,18,19,21,23)/t10-,15-/m0/s1. The fraction of sp³-hybridized carbons (Fsp3) is 0.188. The van der Waals surface area contributed by atoms with Crippen LogP contribution in [0.15, 0.2) is 49.3 Å². The summed E-state index contributed by atoms with van der Waals surface area (Å²) in [5.74, 6) is 1.62. The van der Waals surface area contributed by atoms with Crippen LogP contribution in [0.3, 0.4) is 0 Å². The molecule has 0 aliphatic carbocycles. The minimum Gasteiger partial charge on any atom is -0.482 e. The van der Waals surface area contributed by atoms with Gasteiger partial charge in [0, 0.05) is 6.07 Å². The van der Waals surface area contributed by atoms with E-state index in [2.05, 4.69) is 25.4 Å². The SMILES string of the molecule is C[C@@H]1Oc2ccccc2O[C@@H]1C(=O)Nc1cc(-n2cncn2)ncn1. The summed E-state index contributed by atoms with van der Waals surface area (Å²) in [6.45, 7) is 1.78. The molecule has 2 atom stereocenters. The average molecular weight is 338 g/mol. The van der Waals surface area contributed by atoms with E-state index in [0.717, 1.165) is 0 Å².